The zero-order chi connectivity index (χ0) is 12.4. The van der Waals surface area contributed by atoms with Crippen molar-refractivity contribution in [3.63, 3.8) is 0 Å². The first-order chi connectivity index (χ1) is 8.11. The van der Waals surface area contributed by atoms with Gasteiger partial charge in [0, 0.05) is 20.9 Å². The molecular formula is C11H11IN4O. The molecule has 5 nitrogen and oxygen atoms in total. The molecule has 2 aromatic rings. The average Bonchev–Trinajstić information content (AvgIpc) is 2.29. The molecule has 2 rings (SSSR count). The molecule has 0 unspecified atom stereocenters. The number of rotatable bonds is 2. The molecule has 0 atom stereocenters. The van der Waals surface area contributed by atoms with Crippen LogP contribution < -0.4 is 16.2 Å². The van der Waals surface area contributed by atoms with Crippen LogP contribution in [0.3, 0.4) is 0 Å². The molecule has 0 aliphatic rings. The van der Waals surface area contributed by atoms with Gasteiger partial charge in [0.25, 0.3) is 0 Å². The fourth-order valence-electron chi connectivity index (χ4n) is 1.51. The lowest BCUT2D eigenvalue weighted by Gasteiger charge is -2.10. The van der Waals surface area contributed by atoms with E-state index < -0.39 is 0 Å². The minimum absolute atomic E-state index is 0.163. The highest BCUT2D eigenvalue weighted by Crippen LogP contribution is 2.33. The van der Waals surface area contributed by atoms with E-state index in [-0.39, 0.29) is 5.95 Å². The first-order valence-electron chi connectivity index (χ1n) is 4.83. The van der Waals surface area contributed by atoms with Gasteiger partial charge in [0.2, 0.25) is 5.95 Å². The van der Waals surface area contributed by atoms with E-state index in [1.165, 1.54) is 0 Å². The van der Waals surface area contributed by atoms with Crippen LogP contribution in [0.4, 0.5) is 11.8 Å². The number of aromatic nitrogens is 2. The van der Waals surface area contributed by atoms with E-state index in [1.54, 1.807) is 13.3 Å². The minimum Gasteiger partial charge on any atom is -0.496 e. The molecule has 0 fully saturated rings. The van der Waals surface area contributed by atoms with Crippen LogP contribution in [0, 0.1) is 3.57 Å². The maximum atomic E-state index is 5.84. The third kappa shape index (κ3) is 2.41. The van der Waals surface area contributed by atoms with Gasteiger partial charge < -0.3 is 16.2 Å². The fraction of sp³-hybridized carbons (Fsp3) is 0.0909. The molecule has 0 aliphatic carbocycles. The number of methoxy groups -OCH3 is 1. The van der Waals surface area contributed by atoms with Gasteiger partial charge in [-0.2, -0.15) is 4.98 Å². The largest absolute Gasteiger partial charge is 0.496 e. The molecule has 0 saturated heterocycles. The van der Waals surface area contributed by atoms with Crippen LogP contribution in [0.25, 0.3) is 11.1 Å². The van der Waals surface area contributed by atoms with Crippen molar-refractivity contribution >= 4 is 34.4 Å². The van der Waals surface area contributed by atoms with Crippen LogP contribution in [0.2, 0.25) is 0 Å². The van der Waals surface area contributed by atoms with Crippen molar-refractivity contribution in [2.24, 2.45) is 0 Å². The first kappa shape index (κ1) is 11.9. The smallest absolute Gasteiger partial charge is 0.221 e. The van der Waals surface area contributed by atoms with E-state index in [0.717, 1.165) is 20.4 Å². The summed E-state index contributed by atoms with van der Waals surface area (Å²) in [6.07, 6.45) is 1.60. The highest BCUT2D eigenvalue weighted by atomic mass is 127. The first-order valence-corrected chi connectivity index (χ1v) is 5.91. The Morgan fingerprint density at radius 2 is 2.00 bits per heavy atom. The topological polar surface area (TPSA) is 87.0 Å². The van der Waals surface area contributed by atoms with E-state index >= 15 is 0 Å². The Morgan fingerprint density at radius 1 is 1.24 bits per heavy atom. The van der Waals surface area contributed by atoms with Gasteiger partial charge in [-0.3, -0.25) is 0 Å². The quantitative estimate of drug-likeness (QED) is 0.815. The third-order valence-electron chi connectivity index (χ3n) is 2.29. The van der Waals surface area contributed by atoms with Crippen molar-refractivity contribution in [3.05, 3.63) is 28.0 Å². The molecule has 1 heterocycles. The molecule has 0 amide bonds. The number of ether oxygens (including phenoxy) is 1. The second-order valence-electron chi connectivity index (χ2n) is 3.37. The van der Waals surface area contributed by atoms with Crippen molar-refractivity contribution in [1.82, 2.24) is 9.97 Å². The van der Waals surface area contributed by atoms with E-state index in [2.05, 4.69) is 32.6 Å². The molecule has 0 saturated carbocycles. The minimum atomic E-state index is 0.163. The fourth-order valence-corrected chi connectivity index (χ4v) is 2.00. The van der Waals surface area contributed by atoms with E-state index in [1.807, 2.05) is 18.2 Å². The number of hydrogen-bond donors (Lipinski definition) is 2. The highest BCUT2D eigenvalue weighted by molar-refractivity contribution is 14.1. The molecule has 6 heteroatoms. The maximum Gasteiger partial charge on any atom is 0.221 e. The molecule has 0 bridgehead atoms. The number of anilines is 2. The van der Waals surface area contributed by atoms with Crippen molar-refractivity contribution < 1.29 is 4.74 Å². The van der Waals surface area contributed by atoms with Crippen molar-refractivity contribution in [2.75, 3.05) is 18.6 Å². The zero-order valence-corrected chi connectivity index (χ0v) is 11.3. The predicted octanol–water partition coefficient (Wildman–Crippen LogP) is 1.92. The number of halogens is 1. The van der Waals surface area contributed by atoms with Gasteiger partial charge in [-0.25, -0.2) is 4.98 Å². The summed E-state index contributed by atoms with van der Waals surface area (Å²) in [4.78, 5) is 7.89. The average molecular weight is 342 g/mol. The standard InChI is InChI=1S/C11H11IN4O/c1-17-9-3-2-6(12)4-7(9)8-5-15-11(14)16-10(8)13/h2-5H,1H3,(H4,13,14,15,16). The Labute approximate surface area is 112 Å². The predicted molar refractivity (Wildman–Crippen MR) is 75.6 cm³/mol. The third-order valence-corrected chi connectivity index (χ3v) is 2.96. The normalized spacial score (nSPS) is 10.2. The van der Waals surface area contributed by atoms with Crippen LogP contribution >= 0.6 is 22.6 Å². The molecule has 0 spiro atoms. The summed E-state index contributed by atoms with van der Waals surface area (Å²) in [6.45, 7) is 0. The Bertz CT molecular complexity index is 559. The molecule has 4 N–H and O–H groups in total. The van der Waals surface area contributed by atoms with Gasteiger partial charge in [-0.1, -0.05) is 0 Å². The summed E-state index contributed by atoms with van der Waals surface area (Å²) in [6, 6.07) is 5.80. The monoisotopic (exact) mass is 342 g/mol. The van der Waals surface area contributed by atoms with Crippen LogP contribution in [-0.4, -0.2) is 17.1 Å². The summed E-state index contributed by atoms with van der Waals surface area (Å²) in [5.41, 5.74) is 12.9. The number of benzene rings is 1. The lowest BCUT2D eigenvalue weighted by Crippen LogP contribution is -2.01. The van der Waals surface area contributed by atoms with Crippen LogP contribution in [-0.2, 0) is 0 Å². The van der Waals surface area contributed by atoms with Crippen LogP contribution in [0.5, 0.6) is 5.75 Å². The second kappa shape index (κ2) is 4.74. The maximum absolute atomic E-state index is 5.84. The van der Waals surface area contributed by atoms with Gasteiger partial charge in [0.1, 0.15) is 11.6 Å². The lowest BCUT2D eigenvalue weighted by atomic mass is 10.1. The van der Waals surface area contributed by atoms with Gasteiger partial charge >= 0.3 is 0 Å². The van der Waals surface area contributed by atoms with Gasteiger partial charge in [-0.05, 0) is 40.8 Å². The van der Waals surface area contributed by atoms with Crippen molar-refractivity contribution in [1.29, 1.82) is 0 Å². The highest BCUT2D eigenvalue weighted by Gasteiger charge is 2.11. The molecule has 88 valence electrons. The molecule has 0 aliphatic heterocycles. The summed E-state index contributed by atoms with van der Waals surface area (Å²) >= 11 is 2.22. The van der Waals surface area contributed by atoms with Crippen LogP contribution in [0.15, 0.2) is 24.4 Å². The van der Waals surface area contributed by atoms with Crippen LogP contribution in [0.1, 0.15) is 0 Å². The second-order valence-corrected chi connectivity index (χ2v) is 4.62. The van der Waals surface area contributed by atoms with Crippen molar-refractivity contribution in [3.8, 4) is 16.9 Å². The summed E-state index contributed by atoms with van der Waals surface area (Å²) in [5, 5.41) is 0. The summed E-state index contributed by atoms with van der Waals surface area (Å²) < 4.78 is 6.37. The molecule has 17 heavy (non-hydrogen) atoms. The van der Waals surface area contributed by atoms with Gasteiger partial charge in [0.15, 0.2) is 0 Å². The Hall–Kier alpha value is -1.57. The van der Waals surface area contributed by atoms with Gasteiger partial charge in [-0.15, -0.1) is 0 Å². The van der Waals surface area contributed by atoms with E-state index in [4.69, 9.17) is 16.2 Å². The zero-order valence-electron chi connectivity index (χ0n) is 9.14. The molecule has 1 aromatic carbocycles. The lowest BCUT2D eigenvalue weighted by molar-refractivity contribution is 0.416. The Morgan fingerprint density at radius 3 is 2.65 bits per heavy atom. The number of nitrogens with two attached hydrogens (primary N) is 2. The number of hydrogen-bond acceptors (Lipinski definition) is 5. The SMILES string of the molecule is COc1ccc(I)cc1-c1cnc(N)nc1N. The van der Waals surface area contributed by atoms with E-state index in [9.17, 15) is 0 Å². The molecule has 0 radical (unpaired) electrons. The number of nitrogen functional groups attached to an aromatic ring is 2. The molecule has 1 aromatic heterocycles. The van der Waals surface area contributed by atoms with Gasteiger partial charge in [0.05, 0.1) is 7.11 Å². The van der Waals surface area contributed by atoms with Crippen molar-refractivity contribution in [2.45, 2.75) is 0 Å². The summed E-state index contributed by atoms with van der Waals surface area (Å²) in [5.74, 6) is 1.24. The molecular weight excluding hydrogens is 331 g/mol. The van der Waals surface area contributed by atoms with E-state index in [0.29, 0.717) is 5.82 Å². The Balaban J connectivity index is 2.62. The Kier molecular flexibility index (Phi) is 3.32. The number of nitrogens with zero attached hydrogens (tertiary/aromatic N) is 2. The summed E-state index contributed by atoms with van der Waals surface area (Å²) in [7, 11) is 1.61.